The van der Waals surface area contributed by atoms with Gasteiger partial charge in [0.15, 0.2) is 19.7 Å². The summed E-state index contributed by atoms with van der Waals surface area (Å²) in [6, 6.07) is 4.31. The molecule has 3 rings (SSSR count). The summed E-state index contributed by atoms with van der Waals surface area (Å²) in [4.78, 5) is 2.43. The zero-order chi connectivity index (χ0) is 21.4. The minimum atomic E-state index is -3.89. The van der Waals surface area contributed by atoms with E-state index in [9.17, 15) is 16.8 Å². The number of ether oxygens (including phenoxy) is 1. The zero-order valence-corrected chi connectivity index (χ0v) is 19.3. The minimum Gasteiger partial charge on any atom is -0.495 e. The van der Waals surface area contributed by atoms with E-state index in [1.54, 1.807) is 25.1 Å². The number of nitrogens with one attached hydrogen (secondary N) is 1. The van der Waals surface area contributed by atoms with Gasteiger partial charge in [-0.25, -0.2) is 16.8 Å². The molecule has 0 radical (unpaired) electrons. The smallest absolute Gasteiger partial charge is 0.187 e. The van der Waals surface area contributed by atoms with Gasteiger partial charge < -0.3 is 10.1 Å². The van der Waals surface area contributed by atoms with E-state index >= 15 is 0 Å². The Morgan fingerprint density at radius 2 is 1.86 bits per heavy atom. The summed E-state index contributed by atoms with van der Waals surface area (Å²) < 4.78 is 56.9. The van der Waals surface area contributed by atoms with Crippen LogP contribution in [0.4, 0.5) is 0 Å². The molecule has 0 unspecified atom stereocenters. The highest BCUT2D eigenvalue weighted by atomic mass is 32.2. The number of nitrogens with zero attached hydrogens (tertiary/aromatic N) is 1. The maximum absolute atomic E-state index is 13.5. The highest BCUT2D eigenvalue weighted by molar-refractivity contribution is 7.96. The molecule has 2 fully saturated rings. The number of benzene rings is 1. The molecule has 2 heterocycles. The van der Waals surface area contributed by atoms with Crippen LogP contribution in [0, 0.1) is 6.92 Å². The molecule has 0 saturated carbocycles. The van der Waals surface area contributed by atoms with Crippen molar-refractivity contribution < 1.29 is 21.6 Å². The van der Waals surface area contributed by atoms with Crippen molar-refractivity contribution in [3.63, 3.8) is 0 Å². The van der Waals surface area contributed by atoms with E-state index in [-0.39, 0.29) is 27.7 Å². The van der Waals surface area contributed by atoms with E-state index in [2.05, 4.69) is 24.1 Å². The second kappa shape index (κ2) is 8.17. The van der Waals surface area contributed by atoms with Gasteiger partial charge in [-0.3, -0.25) is 4.90 Å². The number of hydrogen-bond donors (Lipinski definition) is 1. The predicted octanol–water partition coefficient (Wildman–Crippen LogP) is 1.41. The molecule has 0 bridgehead atoms. The maximum atomic E-state index is 13.5. The molecular weight excluding hydrogens is 412 g/mol. The van der Waals surface area contributed by atoms with Gasteiger partial charge in [0.05, 0.1) is 23.9 Å². The second-order valence-corrected chi connectivity index (χ2v) is 13.1. The molecule has 9 heteroatoms. The summed E-state index contributed by atoms with van der Waals surface area (Å²) >= 11 is 0. The van der Waals surface area contributed by atoms with E-state index < -0.39 is 31.0 Å². The van der Waals surface area contributed by atoms with Gasteiger partial charge in [-0.15, -0.1) is 0 Å². The molecule has 2 saturated heterocycles. The third-order valence-corrected chi connectivity index (χ3v) is 10.3. The van der Waals surface area contributed by atoms with E-state index in [1.807, 2.05) is 0 Å². The molecule has 1 aromatic rings. The quantitative estimate of drug-likeness (QED) is 0.680. The molecule has 1 aromatic carbocycles. The fourth-order valence-corrected chi connectivity index (χ4v) is 9.26. The Bertz CT molecular complexity index is 951. The summed E-state index contributed by atoms with van der Waals surface area (Å²) in [5, 5.41) is 2.26. The Hall–Kier alpha value is -1.16. The van der Waals surface area contributed by atoms with Gasteiger partial charge in [0.1, 0.15) is 10.6 Å². The lowest BCUT2D eigenvalue weighted by molar-refractivity contribution is 0.148. The molecular formula is C20H32N2O5S2. The normalized spacial score (nSPS) is 25.4. The lowest BCUT2D eigenvalue weighted by atomic mass is 10.0. The van der Waals surface area contributed by atoms with E-state index in [0.717, 1.165) is 31.5 Å². The fraction of sp³-hybridized carbons (Fsp3) is 0.700. The number of sulfone groups is 2. The molecule has 7 nitrogen and oxygen atoms in total. The summed E-state index contributed by atoms with van der Waals surface area (Å²) in [5.41, 5.74) is 0.614. The Morgan fingerprint density at radius 1 is 1.21 bits per heavy atom. The van der Waals surface area contributed by atoms with Gasteiger partial charge in [0.25, 0.3) is 0 Å². The first-order valence-electron chi connectivity index (χ1n) is 10.0. The van der Waals surface area contributed by atoms with E-state index in [0.29, 0.717) is 6.54 Å². The van der Waals surface area contributed by atoms with Gasteiger partial charge in [0.2, 0.25) is 0 Å². The number of rotatable bonds is 7. The van der Waals surface area contributed by atoms with Crippen LogP contribution in [0.2, 0.25) is 0 Å². The molecule has 29 heavy (non-hydrogen) atoms. The summed E-state index contributed by atoms with van der Waals surface area (Å²) in [6.45, 7) is 8.59. The van der Waals surface area contributed by atoms with Crippen LogP contribution in [0.1, 0.15) is 32.3 Å². The second-order valence-electron chi connectivity index (χ2n) is 8.81. The van der Waals surface area contributed by atoms with Crippen molar-refractivity contribution in [2.24, 2.45) is 0 Å². The molecule has 164 valence electrons. The molecule has 2 atom stereocenters. The maximum Gasteiger partial charge on any atom is 0.187 e. The van der Waals surface area contributed by atoms with Gasteiger partial charge in [-0.1, -0.05) is 6.07 Å². The minimum absolute atomic E-state index is 0.0627. The largest absolute Gasteiger partial charge is 0.495 e. The van der Waals surface area contributed by atoms with Crippen LogP contribution < -0.4 is 10.1 Å². The first kappa shape index (κ1) is 22.5. The Balaban J connectivity index is 1.87. The van der Waals surface area contributed by atoms with Crippen LogP contribution in [0.5, 0.6) is 5.75 Å². The van der Waals surface area contributed by atoms with Crippen molar-refractivity contribution in [3.8, 4) is 5.75 Å². The highest BCUT2D eigenvalue weighted by Crippen LogP contribution is 2.32. The third-order valence-electron chi connectivity index (χ3n) is 6.08. The topological polar surface area (TPSA) is 92.8 Å². The molecule has 0 amide bonds. The van der Waals surface area contributed by atoms with Crippen molar-refractivity contribution in [2.75, 3.05) is 38.2 Å². The number of methoxy groups -OCH3 is 1. The van der Waals surface area contributed by atoms with Crippen LogP contribution in [-0.4, -0.2) is 76.8 Å². The van der Waals surface area contributed by atoms with Crippen molar-refractivity contribution in [3.05, 3.63) is 23.8 Å². The first-order valence-corrected chi connectivity index (χ1v) is 13.4. The Kier molecular flexibility index (Phi) is 6.34. The number of aryl methyl sites for hydroxylation is 1. The molecule has 0 spiro atoms. The van der Waals surface area contributed by atoms with Crippen molar-refractivity contribution >= 4 is 19.7 Å². The van der Waals surface area contributed by atoms with Crippen molar-refractivity contribution in [1.82, 2.24) is 10.2 Å². The SMILES string of the molecule is COc1ccc(C)cc1S(=O)(=O)[C@H]1CS(=O)(=O)C[C@@H]1NCC(C)(C)N1CCCC1. The van der Waals surface area contributed by atoms with Crippen molar-refractivity contribution in [2.45, 2.75) is 55.3 Å². The van der Waals surface area contributed by atoms with Gasteiger partial charge in [-0.05, 0) is 64.4 Å². The van der Waals surface area contributed by atoms with Crippen LogP contribution in [0.3, 0.4) is 0 Å². The third kappa shape index (κ3) is 4.78. The van der Waals surface area contributed by atoms with Gasteiger partial charge in [0, 0.05) is 18.1 Å². The lowest BCUT2D eigenvalue weighted by Gasteiger charge is -2.37. The average molecular weight is 445 g/mol. The van der Waals surface area contributed by atoms with Crippen LogP contribution >= 0.6 is 0 Å². The molecule has 1 N–H and O–H groups in total. The predicted molar refractivity (Wildman–Crippen MR) is 114 cm³/mol. The standard InChI is InChI=1S/C20H32N2O5S2/c1-15-7-8-17(27-4)18(11-15)29(25,26)19-13-28(23,24)12-16(19)21-14-20(2,3)22-9-5-6-10-22/h7-8,11,16,19,21H,5-6,9-10,12-14H2,1-4H3/t16-,19-/m0/s1. The molecule has 2 aliphatic rings. The number of likely N-dealkylation sites (tertiary alicyclic amines) is 1. The fourth-order valence-electron chi connectivity index (χ4n) is 4.30. The lowest BCUT2D eigenvalue weighted by Crippen LogP contribution is -2.54. The Morgan fingerprint density at radius 3 is 2.48 bits per heavy atom. The molecule has 2 aliphatic heterocycles. The van der Waals surface area contributed by atoms with Crippen LogP contribution in [0.15, 0.2) is 23.1 Å². The average Bonchev–Trinajstić information content (AvgIpc) is 3.28. The highest BCUT2D eigenvalue weighted by Gasteiger charge is 2.47. The number of hydrogen-bond acceptors (Lipinski definition) is 7. The Labute approximate surface area is 174 Å². The zero-order valence-electron chi connectivity index (χ0n) is 17.6. The molecule has 0 aliphatic carbocycles. The van der Waals surface area contributed by atoms with Gasteiger partial charge >= 0.3 is 0 Å². The van der Waals surface area contributed by atoms with Crippen LogP contribution in [-0.2, 0) is 19.7 Å². The summed E-state index contributed by atoms with van der Waals surface area (Å²) in [7, 11) is -5.92. The van der Waals surface area contributed by atoms with Gasteiger partial charge in [-0.2, -0.15) is 0 Å². The van der Waals surface area contributed by atoms with Crippen LogP contribution in [0.25, 0.3) is 0 Å². The summed E-state index contributed by atoms with van der Waals surface area (Å²) in [6.07, 6.45) is 2.32. The van der Waals surface area contributed by atoms with E-state index in [1.165, 1.54) is 7.11 Å². The first-order chi connectivity index (χ1) is 13.5. The molecule has 0 aromatic heterocycles. The van der Waals surface area contributed by atoms with E-state index in [4.69, 9.17) is 4.74 Å². The monoisotopic (exact) mass is 444 g/mol. The summed E-state index contributed by atoms with van der Waals surface area (Å²) in [5.74, 6) is -0.286. The van der Waals surface area contributed by atoms with Crippen molar-refractivity contribution in [1.29, 1.82) is 0 Å².